The Hall–Kier alpha value is -1.85. The second-order valence-corrected chi connectivity index (χ2v) is 4.82. The lowest BCUT2D eigenvalue weighted by molar-refractivity contribution is -0.129. The van der Waals surface area contributed by atoms with Crippen LogP contribution in [0.4, 0.5) is 5.82 Å². The largest absolute Gasteiger partial charge is 0.354 e. The Labute approximate surface area is 106 Å². The molecule has 98 valence electrons. The van der Waals surface area contributed by atoms with Gasteiger partial charge in [0.2, 0.25) is 5.91 Å². The third kappa shape index (κ3) is 2.52. The molecule has 0 saturated heterocycles. The van der Waals surface area contributed by atoms with Crippen LogP contribution in [0.2, 0.25) is 0 Å². The molecule has 1 unspecified atom stereocenters. The van der Waals surface area contributed by atoms with Gasteiger partial charge < -0.3 is 14.8 Å². The van der Waals surface area contributed by atoms with E-state index in [0.29, 0.717) is 6.04 Å². The summed E-state index contributed by atoms with van der Waals surface area (Å²) >= 11 is 0. The Bertz CT molecular complexity index is 505. The van der Waals surface area contributed by atoms with Crippen molar-refractivity contribution in [2.45, 2.75) is 31.8 Å². The van der Waals surface area contributed by atoms with Gasteiger partial charge in [0.15, 0.2) is 5.82 Å². The first-order chi connectivity index (χ1) is 8.50. The highest BCUT2D eigenvalue weighted by molar-refractivity contribution is 5.83. The number of nitrogens with zero attached hydrogens (tertiary/aromatic N) is 3. The molecule has 1 aliphatic rings. The van der Waals surface area contributed by atoms with Gasteiger partial charge in [-0.3, -0.25) is 9.59 Å². The molecule has 0 bridgehead atoms. The average Bonchev–Trinajstić information content (AvgIpc) is 3.14. The van der Waals surface area contributed by atoms with Crippen LogP contribution in [0.5, 0.6) is 0 Å². The minimum atomic E-state index is -0.463. The summed E-state index contributed by atoms with van der Waals surface area (Å²) in [5.41, 5.74) is -0.154. The van der Waals surface area contributed by atoms with E-state index in [1.807, 2.05) is 0 Å². The molecule has 0 radical (unpaired) electrons. The number of likely N-dealkylation sites (N-methyl/N-ethyl adjacent to an activating group) is 1. The summed E-state index contributed by atoms with van der Waals surface area (Å²) in [5.74, 6) is 0.158. The molecule has 1 amide bonds. The second-order valence-electron chi connectivity index (χ2n) is 4.82. The Morgan fingerprint density at radius 3 is 2.78 bits per heavy atom. The lowest BCUT2D eigenvalue weighted by Gasteiger charge is -2.18. The third-order valence-electron chi connectivity index (χ3n) is 2.97. The highest BCUT2D eigenvalue weighted by atomic mass is 16.2. The third-order valence-corrected chi connectivity index (χ3v) is 2.97. The van der Waals surface area contributed by atoms with Crippen molar-refractivity contribution in [1.82, 2.24) is 14.5 Å². The van der Waals surface area contributed by atoms with E-state index < -0.39 is 6.04 Å². The van der Waals surface area contributed by atoms with E-state index in [9.17, 15) is 9.59 Å². The molecule has 18 heavy (non-hydrogen) atoms. The van der Waals surface area contributed by atoms with Crippen molar-refractivity contribution in [3.63, 3.8) is 0 Å². The van der Waals surface area contributed by atoms with Crippen molar-refractivity contribution in [3.05, 3.63) is 22.7 Å². The van der Waals surface area contributed by atoms with E-state index in [-0.39, 0.29) is 17.3 Å². The lowest BCUT2D eigenvalue weighted by Crippen LogP contribution is -2.38. The first kappa shape index (κ1) is 12.6. The Balaban J connectivity index is 2.17. The van der Waals surface area contributed by atoms with Crippen molar-refractivity contribution < 1.29 is 4.79 Å². The molecule has 0 aliphatic heterocycles. The van der Waals surface area contributed by atoms with Gasteiger partial charge in [-0.1, -0.05) is 0 Å². The van der Waals surface area contributed by atoms with Crippen LogP contribution in [0.25, 0.3) is 0 Å². The molecule has 2 rings (SSSR count). The van der Waals surface area contributed by atoms with Crippen LogP contribution in [0, 0.1) is 0 Å². The van der Waals surface area contributed by atoms with E-state index in [2.05, 4.69) is 10.3 Å². The van der Waals surface area contributed by atoms with Crippen LogP contribution in [0.1, 0.15) is 25.8 Å². The van der Waals surface area contributed by atoms with E-state index in [1.165, 1.54) is 4.90 Å². The molecule has 0 spiro atoms. The molecule has 1 aromatic rings. The molecule has 1 fully saturated rings. The number of anilines is 1. The van der Waals surface area contributed by atoms with E-state index >= 15 is 0 Å². The predicted octanol–water partition coefficient (Wildman–Crippen LogP) is 0.467. The number of carbonyl (C=O) groups excluding carboxylic acids is 1. The Kier molecular flexibility index (Phi) is 3.36. The summed E-state index contributed by atoms with van der Waals surface area (Å²) in [6.45, 7) is 1.72. The first-order valence-electron chi connectivity index (χ1n) is 6.05. The summed E-state index contributed by atoms with van der Waals surface area (Å²) in [5, 5.41) is 2.88. The first-order valence-corrected chi connectivity index (χ1v) is 6.05. The van der Waals surface area contributed by atoms with E-state index in [0.717, 1.165) is 12.8 Å². The summed E-state index contributed by atoms with van der Waals surface area (Å²) in [6, 6.07) is -0.156. The number of nitrogens with one attached hydrogen (secondary N) is 1. The average molecular weight is 250 g/mol. The fourth-order valence-corrected chi connectivity index (χ4v) is 1.82. The van der Waals surface area contributed by atoms with Crippen molar-refractivity contribution in [3.8, 4) is 0 Å². The number of carbonyl (C=O) groups is 1. The summed E-state index contributed by atoms with van der Waals surface area (Å²) in [4.78, 5) is 29.3. The van der Waals surface area contributed by atoms with Gasteiger partial charge in [0, 0.05) is 32.5 Å². The molecule has 1 atom stereocenters. The monoisotopic (exact) mass is 250 g/mol. The normalized spacial score (nSPS) is 16.2. The number of rotatable bonds is 4. The van der Waals surface area contributed by atoms with E-state index in [1.54, 1.807) is 38.0 Å². The molecule has 1 aromatic heterocycles. The van der Waals surface area contributed by atoms with Gasteiger partial charge in [0.1, 0.15) is 6.04 Å². The van der Waals surface area contributed by atoms with Gasteiger partial charge in [-0.25, -0.2) is 4.98 Å². The molecule has 1 N–H and O–H groups in total. The quantitative estimate of drug-likeness (QED) is 0.843. The fraction of sp³-hybridized carbons (Fsp3) is 0.583. The lowest BCUT2D eigenvalue weighted by atomic mass is 10.3. The molecule has 6 nitrogen and oxygen atoms in total. The van der Waals surface area contributed by atoms with Gasteiger partial charge in [-0.2, -0.15) is 0 Å². The number of aromatic nitrogens is 2. The topological polar surface area (TPSA) is 67.2 Å². The molecule has 1 saturated carbocycles. The minimum Gasteiger partial charge on any atom is -0.354 e. The zero-order chi connectivity index (χ0) is 13.3. The van der Waals surface area contributed by atoms with Crippen LogP contribution in [0.15, 0.2) is 17.2 Å². The summed E-state index contributed by atoms with van der Waals surface area (Å²) in [7, 11) is 3.36. The van der Waals surface area contributed by atoms with Gasteiger partial charge >= 0.3 is 0 Å². The van der Waals surface area contributed by atoms with Crippen molar-refractivity contribution >= 4 is 11.7 Å². The maximum Gasteiger partial charge on any atom is 0.293 e. The zero-order valence-corrected chi connectivity index (χ0v) is 10.9. The highest BCUT2D eigenvalue weighted by Gasteiger charge is 2.26. The molecular weight excluding hydrogens is 232 g/mol. The Morgan fingerprint density at radius 1 is 1.56 bits per heavy atom. The van der Waals surface area contributed by atoms with Crippen molar-refractivity contribution in [2.24, 2.45) is 0 Å². The van der Waals surface area contributed by atoms with Crippen LogP contribution in [-0.2, 0) is 4.79 Å². The van der Waals surface area contributed by atoms with Crippen LogP contribution < -0.4 is 10.9 Å². The SMILES string of the molecule is CC(Nc1nccn(C2CC2)c1=O)C(=O)N(C)C. The molecule has 0 aromatic carbocycles. The van der Waals surface area contributed by atoms with E-state index in [4.69, 9.17) is 0 Å². The van der Waals surface area contributed by atoms with Crippen molar-refractivity contribution in [2.75, 3.05) is 19.4 Å². The van der Waals surface area contributed by atoms with Gasteiger partial charge in [-0.15, -0.1) is 0 Å². The zero-order valence-electron chi connectivity index (χ0n) is 10.9. The number of hydrogen-bond acceptors (Lipinski definition) is 4. The minimum absolute atomic E-state index is 0.0852. The molecule has 6 heteroatoms. The van der Waals surface area contributed by atoms with Gasteiger partial charge in [0.25, 0.3) is 5.56 Å². The van der Waals surface area contributed by atoms with Crippen molar-refractivity contribution in [1.29, 1.82) is 0 Å². The maximum atomic E-state index is 12.1. The van der Waals surface area contributed by atoms with Crippen LogP contribution in [0.3, 0.4) is 0 Å². The smallest absolute Gasteiger partial charge is 0.293 e. The van der Waals surface area contributed by atoms with Gasteiger partial charge in [0.05, 0.1) is 0 Å². The number of hydrogen-bond donors (Lipinski definition) is 1. The summed E-state index contributed by atoms with van der Waals surface area (Å²) in [6.07, 6.45) is 5.36. The predicted molar refractivity (Wildman–Crippen MR) is 68.5 cm³/mol. The van der Waals surface area contributed by atoms with Crippen LogP contribution in [-0.4, -0.2) is 40.5 Å². The van der Waals surface area contributed by atoms with Gasteiger partial charge in [-0.05, 0) is 19.8 Å². The molecule has 1 aliphatic carbocycles. The highest BCUT2D eigenvalue weighted by Crippen LogP contribution is 2.33. The maximum absolute atomic E-state index is 12.1. The second kappa shape index (κ2) is 4.80. The summed E-state index contributed by atoms with van der Waals surface area (Å²) < 4.78 is 1.68. The standard InChI is InChI=1S/C12H18N4O2/c1-8(11(17)15(2)3)14-10-12(18)16(7-6-13-10)9-4-5-9/h6-9H,4-5H2,1-3H3,(H,13,14). The fourth-order valence-electron chi connectivity index (χ4n) is 1.82. The Morgan fingerprint density at radius 2 is 2.22 bits per heavy atom. The molecular formula is C12H18N4O2. The van der Waals surface area contributed by atoms with Crippen LogP contribution >= 0.6 is 0 Å². The number of amides is 1. The molecule has 1 heterocycles.